The predicted molar refractivity (Wildman–Crippen MR) is 155 cm³/mol. The van der Waals surface area contributed by atoms with Gasteiger partial charge in [-0.15, -0.1) is 0 Å². The van der Waals surface area contributed by atoms with Gasteiger partial charge in [0.2, 0.25) is 0 Å². The minimum atomic E-state index is -1.21. The lowest BCUT2D eigenvalue weighted by atomic mass is 10.1. The molecular formula is C27H46N6O5Si. The van der Waals surface area contributed by atoms with Crippen molar-refractivity contribution in [3.8, 4) is 0 Å². The first-order valence-corrected chi connectivity index (χ1v) is 17.4. The van der Waals surface area contributed by atoms with Gasteiger partial charge in [0, 0.05) is 53.7 Å². The maximum atomic E-state index is 13.1. The number of ether oxygens (including phenoxy) is 3. The number of hydrogen-bond acceptors (Lipinski definition) is 8. The smallest absolute Gasteiger partial charge is 0.410 e. The molecule has 1 fully saturated rings. The largest absolute Gasteiger partial charge is 0.444 e. The molecule has 1 aliphatic rings. The summed E-state index contributed by atoms with van der Waals surface area (Å²) in [6.07, 6.45) is 4.03. The first-order valence-electron chi connectivity index (χ1n) is 13.7. The molecule has 2 amide bonds. The van der Waals surface area contributed by atoms with Crippen LogP contribution in [0.15, 0.2) is 12.4 Å². The van der Waals surface area contributed by atoms with Gasteiger partial charge in [-0.05, 0) is 46.1 Å². The Morgan fingerprint density at radius 3 is 2.67 bits per heavy atom. The number of likely N-dealkylation sites (tertiary alicyclic amines) is 1. The van der Waals surface area contributed by atoms with Crippen LogP contribution in [-0.4, -0.2) is 91.1 Å². The van der Waals surface area contributed by atoms with Crippen molar-refractivity contribution in [2.24, 2.45) is 5.92 Å². The van der Waals surface area contributed by atoms with E-state index < -0.39 is 13.7 Å². The number of nitrogens with zero attached hydrogens (tertiary/aromatic N) is 4. The van der Waals surface area contributed by atoms with E-state index in [-0.39, 0.29) is 24.0 Å². The number of methoxy groups -OCH3 is 1. The van der Waals surface area contributed by atoms with E-state index in [2.05, 4.69) is 35.3 Å². The minimum absolute atomic E-state index is 0.154. The number of anilines is 1. The lowest BCUT2D eigenvalue weighted by molar-refractivity contribution is 0.0289. The Kier molecular flexibility index (Phi) is 10.4. The first-order chi connectivity index (χ1) is 18.3. The fourth-order valence-electron chi connectivity index (χ4n) is 4.28. The zero-order valence-electron chi connectivity index (χ0n) is 24.8. The maximum absolute atomic E-state index is 13.1. The Morgan fingerprint density at radius 2 is 2.00 bits per heavy atom. The number of rotatable bonds is 12. The van der Waals surface area contributed by atoms with Crippen molar-refractivity contribution in [3.63, 3.8) is 0 Å². The fraction of sp³-hybridized carbons (Fsp3) is 0.704. The molecule has 39 heavy (non-hydrogen) atoms. The number of amides is 2. The van der Waals surface area contributed by atoms with E-state index >= 15 is 0 Å². The number of aromatic nitrogens is 3. The second-order valence-electron chi connectivity index (χ2n) is 12.6. The SMILES string of the molecule is COC[C@H](C)NC(=O)c1cn(COCC[Si](C)(C)C)c2ncc(NC[C@H]3CCN(C(=O)OC(C)(C)C)C3)nc12. The number of carbonyl (C=O) groups excluding carboxylic acids is 2. The normalized spacial score (nSPS) is 16.9. The van der Waals surface area contributed by atoms with Crippen molar-refractivity contribution in [1.82, 2.24) is 24.8 Å². The van der Waals surface area contributed by atoms with Gasteiger partial charge >= 0.3 is 6.09 Å². The molecule has 0 radical (unpaired) electrons. The maximum Gasteiger partial charge on any atom is 0.410 e. The summed E-state index contributed by atoms with van der Waals surface area (Å²) < 4.78 is 18.4. The summed E-state index contributed by atoms with van der Waals surface area (Å²) in [5.74, 6) is 0.604. The number of hydrogen-bond donors (Lipinski definition) is 2. The van der Waals surface area contributed by atoms with E-state index in [1.807, 2.05) is 32.3 Å². The van der Waals surface area contributed by atoms with E-state index in [0.717, 1.165) is 12.5 Å². The third kappa shape index (κ3) is 9.47. The van der Waals surface area contributed by atoms with Crippen molar-refractivity contribution in [3.05, 3.63) is 18.0 Å². The molecular weight excluding hydrogens is 516 g/mol. The second-order valence-corrected chi connectivity index (χ2v) is 18.2. The topological polar surface area (TPSA) is 120 Å². The molecule has 2 N–H and O–H groups in total. The summed E-state index contributed by atoms with van der Waals surface area (Å²) >= 11 is 0. The van der Waals surface area contributed by atoms with Gasteiger partial charge in [0.05, 0.1) is 18.4 Å². The van der Waals surface area contributed by atoms with Crippen molar-refractivity contribution < 1.29 is 23.8 Å². The van der Waals surface area contributed by atoms with Gasteiger partial charge in [-0.25, -0.2) is 14.8 Å². The van der Waals surface area contributed by atoms with E-state index in [0.29, 0.717) is 62.1 Å². The van der Waals surface area contributed by atoms with E-state index in [1.54, 1.807) is 24.4 Å². The molecule has 0 aromatic carbocycles. The summed E-state index contributed by atoms with van der Waals surface area (Å²) in [5, 5.41) is 6.32. The van der Waals surface area contributed by atoms with Crippen LogP contribution >= 0.6 is 0 Å². The Balaban J connectivity index is 1.71. The molecule has 0 unspecified atom stereocenters. The molecule has 2 aromatic rings. The van der Waals surface area contributed by atoms with Crippen molar-refractivity contribution in [2.75, 3.05) is 45.3 Å². The van der Waals surface area contributed by atoms with Crippen LogP contribution in [0, 0.1) is 5.92 Å². The van der Waals surface area contributed by atoms with E-state index in [9.17, 15) is 9.59 Å². The average Bonchev–Trinajstić information content (AvgIpc) is 3.44. The van der Waals surface area contributed by atoms with Gasteiger partial charge in [-0.2, -0.15) is 0 Å². The zero-order chi connectivity index (χ0) is 28.8. The Morgan fingerprint density at radius 1 is 1.26 bits per heavy atom. The van der Waals surface area contributed by atoms with E-state index in [4.69, 9.17) is 19.2 Å². The highest BCUT2D eigenvalue weighted by Gasteiger charge is 2.30. The molecule has 2 atom stereocenters. The van der Waals surface area contributed by atoms with Gasteiger partial charge in [-0.3, -0.25) is 4.79 Å². The third-order valence-corrected chi connectivity index (χ3v) is 8.04. The molecule has 0 bridgehead atoms. The van der Waals surface area contributed by atoms with Gasteiger partial charge < -0.3 is 34.3 Å². The highest BCUT2D eigenvalue weighted by Crippen LogP contribution is 2.23. The third-order valence-electron chi connectivity index (χ3n) is 6.34. The summed E-state index contributed by atoms with van der Waals surface area (Å²) in [6.45, 7) is 17.7. The lowest BCUT2D eigenvalue weighted by Gasteiger charge is -2.24. The first kappa shape index (κ1) is 30.8. The molecule has 3 heterocycles. The van der Waals surface area contributed by atoms with Crippen LogP contribution in [-0.2, 0) is 20.9 Å². The molecule has 2 aromatic heterocycles. The van der Waals surface area contributed by atoms with Crippen LogP contribution in [0.3, 0.4) is 0 Å². The standard InChI is InChI=1S/C27H46N6O5Si/c1-19(17-36-5)30-25(34)21-16-33(18-37-11-12-39(6,7)8)24-23(21)31-22(14-29-24)28-13-20-9-10-32(15-20)26(35)38-27(2,3)4/h14,16,19-20H,9-13,15,17-18H2,1-8H3,(H,28,31)(H,30,34)/t19-,20+/m0/s1. The lowest BCUT2D eigenvalue weighted by Crippen LogP contribution is -2.35. The minimum Gasteiger partial charge on any atom is -0.444 e. The molecule has 0 aliphatic carbocycles. The molecule has 3 rings (SSSR count). The van der Waals surface area contributed by atoms with Crippen molar-refractivity contribution >= 4 is 37.1 Å². The fourth-order valence-corrected chi connectivity index (χ4v) is 5.03. The van der Waals surface area contributed by atoms with Crippen molar-refractivity contribution in [2.45, 2.75) is 78.2 Å². The average molecular weight is 563 g/mol. The zero-order valence-corrected chi connectivity index (χ0v) is 25.8. The van der Waals surface area contributed by atoms with Gasteiger partial charge in [0.1, 0.15) is 23.7 Å². The Bertz CT molecular complexity index is 1130. The Labute approximate surface area is 233 Å². The van der Waals surface area contributed by atoms with Crippen LogP contribution in [0.25, 0.3) is 11.2 Å². The highest BCUT2D eigenvalue weighted by molar-refractivity contribution is 6.76. The van der Waals surface area contributed by atoms with Gasteiger partial charge in [0.15, 0.2) is 5.65 Å². The molecule has 218 valence electrons. The summed E-state index contributed by atoms with van der Waals surface area (Å²) in [6, 6.07) is 0.902. The Hall–Kier alpha value is -2.70. The molecule has 12 heteroatoms. The van der Waals surface area contributed by atoms with Gasteiger partial charge in [-0.1, -0.05) is 19.6 Å². The summed E-state index contributed by atoms with van der Waals surface area (Å²) in [5.41, 5.74) is 1.03. The second kappa shape index (κ2) is 13.1. The highest BCUT2D eigenvalue weighted by atomic mass is 28.3. The molecule has 0 saturated carbocycles. The summed E-state index contributed by atoms with van der Waals surface area (Å²) in [7, 11) is 0.391. The number of carbonyl (C=O) groups is 2. The van der Waals surface area contributed by atoms with Crippen LogP contribution < -0.4 is 10.6 Å². The van der Waals surface area contributed by atoms with E-state index in [1.165, 1.54) is 0 Å². The predicted octanol–water partition coefficient (Wildman–Crippen LogP) is 4.18. The number of fused-ring (bicyclic) bond motifs is 1. The molecule has 1 aliphatic heterocycles. The monoisotopic (exact) mass is 562 g/mol. The van der Waals surface area contributed by atoms with Crippen LogP contribution in [0.5, 0.6) is 0 Å². The van der Waals surface area contributed by atoms with Crippen LogP contribution in [0.2, 0.25) is 25.7 Å². The quantitative estimate of drug-likeness (QED) is 0.292. The molecule has 0 spiro atoms. The summed E-state index contributed by atoms with van der Waals surface area (Å²) in [4.78, 5) is 36.7. The molecule has 11 nitrogen and oxygen atoms in total. The number of nitrogens with one attached hydrogen (secondary N) is 2. The van der Waals surface area contributed by atoms with Crippen molar-refractivity contribution in [1.29, 1.82) is 0 Å². The van der Waals surface area contributed by atoms with Crippen LogP contribution in [0.4, 0.5) is 10.6 Å². The van der Waals surface area contributed by atoms with Crippen LogP contribution in [0.1, 0.15) is 44.5 Å². The van der Waals surface area contributed by atoms with Gasteiger partial charge in [0.25, 0.3) is 5.91 Å². The molecule has 1 saturated heterocycles.